The maximum atomic E-state index is 13.0. The fourth-order valence-electron chi connectivity index (χ4n) is 1.57. The summed E-state index contributed by atoms with van der Waals surface area (Å²) >= 11 is 0. The van der Waals surface area contributed by atoms with E-state index in [-0.39, 0.29) is 5.82 Å². The SMILES string of the molecule is CCC(O)(CC)CNc1ccc(F)cc1OC. The number of halogens is 1. The Hall–Kier alpha value is -1.29. The van der Waals surface area contributed by atoms with E-state index in [0.717, 1.165) is 0 Å². The summed E-state index contributed by atoms with van der Waals surface area (Å²) in [5.74, 6) is 0.105. The summed E-state index contributed by atoms with van der Waals surface area (Å²) in [6.45, 7) is 4.29. The number of rotatable bonds is 6. The van der Waals surface area contributed by atoms with Crippen molar-refractivity contribution in [1.29, 1.82) is 0 Å². The van der Waals surface area contributed by atoms with Gasteiger partial charge in [-0.15, -0.1) is 0 Å². The van der Waals surface area contributed by atoms with Crippen LogP contribution >= 0.6 is 0 Å². The number of nitrogens with one attached hydrogen (secondary N) is 1. The molecule has 4 heteroatoms. The predicted octanol–water partition coefficient (Wildman–Crippen LogP) is 2.80. The zero-order valence-corrected chi connectivity index (χ0v) is 10.6. The topological polar surface area (TPSA) is 41.5 Å². The van der Waals surface area contributed by atoms with Crippen LogP contribution in [0.25, 0.3) is 0 Å². The first-order chi connectivity index (χ1) is 8.04. The minimum Gasteiger partial charge on any atom is -0.494 e. The van der Waals surface area contributed by atoms with E-state index in [1.165, 1.54) is 19.2 Å². The van der Waals surface area contributed by atoms with E-state index in [1.54, 1.807) is 6.07 Å². The van der Waals surface area contributed by atoms with Gasteiger partial charge in [0.15, 0.2) is 0 Å². The summed E-state index contributed by atoms with van der Waals surface area (Å²) < 4.78 is 18.1. The first-order valence-electron chi connectivity index (χ1n) is 5.84. The number of aliphatic hydroxyl groups is 1. The van der Waals surface area contributed by atoms with E-state index in [0.29, 0.717) is 30.8 Å². The van der Waals surface area contributed by atoms with Gasteiger partial charge in [-0.1, -0.05) is 13.8 Å². The molecule has 17 heavy (non-hydrogen) atoms. The van der Waals surface area contributed by atoms with E-state index in [4.69, 9.17) is 4.74 Å². The van der Waals surface area contributed by atoms with Gasteiger partial charge in [-0.2, -0.15) is 0 Å². The summed E-state index contributed by atoms with van der Waals surface area (Å²) in [6.07, 6.45) is 1.33. The van der Waals surface area contributed by atoms with E-state index < -0.39 is 5.60 Å². The van der Waals surface area contributed by atoms with Crippen LogP contribution in [0.3, 0.4) is 0 Å². The molecule has 0 radical (unpaired) electrons. The second-order valence-electron chi connectivity index (χ2n) is 4.13. The molecular formula is C13H20FNO2. The molecule has 96 valence electrons. The summed E-state index contributed by atoms with van der Waals surface area (Å²) in [7, 11) is 1.49. The second-order valence-corrected chi connectivity index (χ2v) is 4.13. The van der Waals surface area contributed by atoms with E-state index in [1.807, 2.05) is 13.8 Å². The van der Waals surface area contributed by atoms with Gasteiger partial charge in [-0.3, -0.25) is 0 Å². The molecule has 0 saturated carbocycles. The molecule has 0 unspecified atom stereocenters. The van der Waals surface area contributed by atoms with Crippen molar-refractivity contribution in [3.8, 4) is 5.75 Å². The maximum absolute atomic E-state index is 13.0. The Kier molecular flexibility index (Phi) is 4.75. The van der Waals surface area contributed by atoms with E-state index in [9.17, 15) is 9.50 Å². The highest BCUT2D eigenvalue weighted by atomic mass is 19.1. The molecule has 0 heterocycles. The highest BCUT2D eigenvalue weighted by Crippen LogP contribution is 2.26. The van der Waals surface area contributed by atoms with Gasteiger partial charge in [-0.05, 0) is 25.0 Å². The molecule has 0 aliphatic rings. The fourth-order valence-corrected chi connectivity index (χ4v) is 1.57. The predicted molar refractivity (Wildman–Crippen MR) is 67.0 cm³/mol. The van der Waals surface area contributed by atoms with Crippen LogP contribution < -0.4 is 10.1 Å². The van der Waals surface area contributed by atoms with Crippen LogP contribution in [-0.4, -0.2) is 24.4 Å². The number of ether oxygens (including phenoxy) is 1. The van der Waals surface area contributed by atoms with Gasteiger partial charge < -0.3 is 15.2 Å². The molecule has 0 aromatic heterocycles. The summed E-state index contributed by atoms with van der Waals surface area (Å²) in [4.78, 5) is 0. The Balaban J connectivity index is 2.75. The lowest BCUT2D eigenvalue weighted by Gasteiger charge is -2.26. The first-order valence-corrected chi connectivity index (χ1v) is 5.84. The fraction of sp³-hybridized carbons (Fsp3) is 0.538. The molecule has 0 saturated heterocycles. The van der Waals surface area contributed by atoms with Crippen LogP contribution in [0.15, 0.2) is 18.2 Å². The van der Waals surface area contributed by atoms with Crippen molar-refractivity contribution >= 4 is 5.69 Å². The molecular weight excluding hydrogens is 221 g/mol. The van der Waals surface area contributed by atoms with Gasteiger partial charge in [0.2, 0.25) is 0 Å². The van der Waals surface area contributed by atoms with Crippen molar-refractivity contribution in [3.63, 3.8) is 0 Å². The third-order valence-corrected chi connectivity index (χ3v) is 3.09. The quantitative estimate of drug-likeness (QED) is 0.804. The monoisotopic (exact) mass is 241 g/mol. The maximum Gasteiger partial charge on any atom is 0.144 e. The van der Waals surface area contributed by atoms with E-state index in [2.05, 4.69) is 5.32 Å². The molecule has 0 fully saturated rings. The lowest BCUT2D eigenvalue weighted by atomic mass is 9.97. The van der Waals surface area contributed by atoms with Gasteiger partial charge >= 0.3 is 0 Å². The zero-order valence-electron chi connectivity index (χ0n) is 10.6. The molecule has 1 rings (SSSR count). The Morgan fingerprint density at radius 1 is 1.35 bits per heavy atom. The van der Waals surface area contributed by atoms with Crippen LogP contribution in [0.2, 0.25) is 0 Å². The van der Waals surface area contributed by atoms with Gasteiger partial charge in [0.25, 0.3) is 0 Å². The first kappa shape index (κ1) is 13.8. The number of anilines is 1. The minimum absolute atomic E-state index is 0.339. The Labute approximate surface area is 102 Å². The van der Waals surface area contributed by atoms with Crippen LogP contribution in [0, 0.1) is 5.82 Å². The van der Waals surface area contributed by atoms with Crippen LogP contribution in [-0.2, 0) is 0 Å². The molecule has 0 spiro atoms. The number of methoxy groups -OCH3 is 1. The standard InChI is InChI=1S/C13H20FNO2/c1-4-13(16,5-2)9-15-11-7-6-10(14)8-12(11)17-3/h6-8,15-16H,4-5,9H2,1-3H3. The average Bonchev–Trinajstić information content (AvgIpc) is 2.36. The van der Waals surface area contributed by atoms with Crippen molar-refractivity contribution in [3.05, 3.63) is 24.0 Å². The average molecular weight is 241 g/mol. The van der Waals surface area contributed by atoms with Crippen molar-refractivity contribution in [2.24, 2.45) is 0 Å². The molecule has 0 aliphatic carbocycles. The molecule has 0 amide bonds. The summed E-state index contributed by atoms with van der Waals surface area (Å²) in [6, 6.07) is 4.29. The largest absolute Gasteiger partial charge is 0.494 e. The van der Waals surface area contributed by atoms with Crippen LogP contribution in [0.5, 0.6) is 5.75 Å². The number of benzene rings is 1. The number of hydrogen-bond donors (Lipinski definition) is 2. The zero-order chi connectivity index (χ0) is 12.9. The number of hydrogen-bond acceptors (Lipinski definition) is 3. The lowest BCUT2D eigenvalue weighted by molar-refractivity contribution is 0.0457. The normalized spacial score (nSPS) is 11.4. The van der Waals surface area contributed by atoms with Gasteiger partial charge in [0.1, 0.15) is 11.6 Å². The van der Waals surface area contributed by atoms with Crippen molar-refractivity contribution in [2.75, 3.05) is 19.0 Å². The third kappa shape index (κ3) is 3.60. The van der Waals surface area contributed by atoms with Gasteiger partial charge in [-0.25, -0.2) is 4.39 Å². The van der Waals surface area contributed by atoms with Crippen molar-refractivity contribution in [2.45, 2.75) is 32.3 Å². The highest BCUT2D eigenvalue weighted by Gasteiger charge is 2.22. The molecule has 0 atom stereocenters. The molecule has 2 N–H and O–H groups in total. The third-order valence-electron chi connectivity index (χ3n) is 3.09. The lowest BCUT2D eigenvalue weighted by Crippen LogP contribution is -2.35. The highest BCUT2D eigenvalue weighted by molar-refractivity contribution is 5.56. The molecule has 1 aromatic rings. The molecule has 3 nitrogen and oxygen atoms in total. The van der Waals surface area contributed by atoms with Crippen LogP contribution in [0.4, 0.5) is 10.1 Å². The Bertz CT molecular complexity index is 364. The summed E-state index contributed by atoms with van der Waals surface area (Å²) in [5, 5.41) is 13.2. The van der Waals surface area contributed by atoms with Gasteiger partial charge in [0, 0.05) is 12.6 Å². The Morgan fingerprint density at radius 2 is 2.00 bits per heavy atom. The molecule has 0 aliphatic heterocycles. The van der Waals surface area contributed by atoms with Crippen LogP contribution in [0.1, 0.15) is 26.7 Å². The van der Waals surface area contributed by atoms with E-state index >= 15 is 0 Å². The summed E-state index contributed by atoms with van der Waals surface area (Å²) in [5.41, 5.74) is -0.0476. The Morgan fingerprint density at radius 3 is 2.53 bits per heavy atom. The molecule has 0 bridgehead atoms. The second kappa shape index (κ2) is 5.87. The smallest absolute Gasteiger partial charge is 0.144 e. The molecule has 1 aromatic carbocycles. The van der Waals surface area contributed by atoms with Gasteiger partial charge in [0.05, 0.1) is 18.4 Å². The minimum atomic E-state index is -0.737. The van der Waals surface area contributed by atoms with Crippen molar-refractivity contribution in [1.82, 2.24) is 0 Å². The van der Waals surface area contributed by atoms with Crippen molar-refractivity contribution < 1.29 is 14.2 Å².